The number of methoxy groups -OCH3 is 1. The van der Waals surface area contributed by atoms with Crippen LogP contribution in [0.4, 0.5) is 0 Å². The molecule has 2 aromatic rings. The zero-order valence-corrected chi connectivity index (χ0v) is 14.3. The van der Waals surface area contributed by atoms with Gasteiger partial charge in [-0.1, -0.05) is 37.3 Å². The summed E-state index contributed by atoms with van der Waals surface area (Å²) in [5, 5.41) is 11.0. The standard InChI is InChI=1S/C18H25N3O3/c1-3-15(13-23-2)19-16(22)10-12-18-21-20-17(24-18)11-9-14-7-5-4-6-8-14/h4-8,15H,3,9-13H2,1-2H3,(H,19,22). The number of ether oxygens (including phenoxy) is 1. The second-order valence-electron chi connectivity index (χ2n) is 5.70. The summed E-state index contributed by atoms with van der Waals surface area (Å²) in [7, 11) is 1.63. The number of aryl methyl sites for hydroxylation is 3. The van der Waals surface area contributed by atoms with E-state index in [-0.39, 0.29) is 11.9 Å². The number of nitrogens with zero attached hydrogens (tertiary/aromatic N) is 2. The first kappa shape index (κ1) is 18.1. The molecule has 0 aliphatic rings. The molecule has 1 N–H and O–H groups in total. The van der Waals surface area contributed by atoms with Gasteiger partial charge < -0.3 is 14.5 Å². The van der Waals surface area contributed by atoms with Crippen molar-refractivity contribution in [3.63, 3.8) is 0 Å². The summed E-state index contributed by atoms with van der Waals surface area (Å²) < 4.78 is 10.7. The van der Waals surface area contributed by atoms with Crippen LogP contribution < -0.4 is 5.32 Å². The first-order valence-corrected chi connectivity index (χ1v) is 8.34. The lowest BCUT2D eigenvalue weighted by Crippen LogP contribution is -2.37. The monoisotopic (exact) mass is 331 g/mol. The van der Waals surface area contributed by atoms with Gasteiger partial charge >= 0.3 is 0 Å². The highest BCUT2D eigenvalue weighted by molar-refractivity contribution is 5.76. The van der Waals surface area contributed by atoms with E-state index in [9.17, 15) is 4.79 Å². The predicted octanol–water partition coefficient (Wildman–Crippen LogP) is 2.33. The molecule has 2 rings (SSSR count). The number of benzene rings is 1. The second-order valence-corrected chi connectivity index (χ2v) is 5.70. The molecule has 0 bridgehead atoms. The molecule has 0 aliphatic carbocycles. The van der Waals surface area contributed by atoms with Crippen LogP contribution in [0.15, 0.2) is 34.7 Å². The van der Waals surface area contributed by atoms with E-state index in [0.29, 0.717) is 37.7 Å². The molecule has 0 saturated heterocycles. The number of rotatable bonds is 10. The quantitative estimate of drug-likeness (QED) is 0.723. The van der Waals surface area contributed by atoms with Crippen LogP contribution in [0.3, 0.4) is 0 Å². The Hall–Kier alpha value is -2.21. The van der Waals surface area contributed by atoms with Crippen LogP contribution in [-0.2, 0) is 28.8 Å². The molecule has 0 spiro atoms. The Morgan fingerprint density at radius 1 is 1.17 bits per heavy atom. The van der Waals surface area contributed by atoms with Crippen molar-refractivity contribution in [1.29, 1.82) is 0 Å². The summed E-state index contributed by atoms with van der Waals surface area (Å²) in [6.07, 6.45) is 3.19. The maximum atomic E-state index is 11.9. The summed E-state index contributed by atoms with van der Waals surface area (Å²) in [6, 6.07) is 10.2. The maximum Gasteiger partial charge on any atom is 0.220 e. The first-order chi connectivity index (χ1) is 11.7. The molecular formula is C18H25N3O3. The van der Waals surface area contributed by atoms with Crippen LogP contribution in [0.2, 0.25) is 0 Å². The maximum absolute atomic E-state index is 11.9. The minimum absolute atomic E-state index is 0.0251. The van der Waals surface area contributed by atoms with E-state index in [1.54, 1.807) is 7.11 Å². The third-order valence-electron chi connectivity index (χ3n) is 3.77. The van der Waals surface area contributed by atoms with Gasteiger partial charge in [-0.05, 0) is 18.4 Å². The number of nitrogens with one attached hydrogen (secondary N) is 1. The summed E-state index contributed by atoms with van der Waals surface area (Å²) in [5.41, 5.74) is 1.24. The Balaban J connectivity index is 1.74. The molecule has 6 heteroatoms. The minimum atomic E-state index is -0.0251. The van der Waals surface area contributed by atoms with Crippen molar-refractivity contribution in [2.45, 2.75) is 45.1 Å². The third-order valence-corrected chi connectivity index (χ3v) is 3.77. The predicted molar refractivity (Wildman–Crippen MR) is 90.6 cm³/mol. The van der Waals surface area contributed by atoms with Gasteiger partial charge in [-0.3, -0.25) is 4.79 Å². The van der Waals surface area contributed by atoms with E-state index < -0.39 is 0 Å². The van der Waals surface area contributed by atoms with Gasteiger partial charge in [-0.25, -0.2) is 0 Å². The Morgan fingerprint density at radius 3 is 2.54 bits per heavy atom. The van der Waals surface area contributed by atoms with Crippen molar-refractivity contribution in [2.75, 3.05) is 13.7 Å². The largest absolute Gasteiger partial charge is 0.425 e. The van der Waals surface area contributed by atoms with Crippen molar-refractivity contribution in [2.24, 2.45) is 0 Å². The van der Waals surface area contributed by atoms with Crippen LogP contribution in [0, 0.1) is 0 Å². The van der Waals surface area contributed by atoms with E-state index in [2.05, 4.69) is 27.6 Å². The highest BCUT2D eigenvalue weighted by Crippen LogP contribution is 2.08. The highest BCUT2D eigenvalue weighted by Gasteiger charge is 2.12. The molecule has 1 unspecified atom stereocenters. The second kappa shape index (κ2) is 9.82. The SMILES string of the molecule is CCC(COC)NC(=O)CCc1nnc(CCc2ccccc2)o1. The molecule has 6 nitrogen and oxygen atoms in total. The molecule has 24 heavy (non-hydrogen) atoms. The van der Waals surface area contributed by atoms with Gasteiger partial charge in [-0.15, -0.1) is 10.2 Å². The zero-order chi connectivity index (χ0) is 17.2. The van der Waals surface area contributed by atoms with E-state index in [0.717, 1.165) is 12.8 Å². The first-order valence-electron chi connectivity index (χ1n) is 8.34. The van der Waals surface area contributed by atoms with Crippen molar-refractivity contribution < 1.29 is 13.9 Å². The average Bonchev–Trinajstić information content (AvgIpc) is 3.06. The fraction of sp³-hybridized carbons (Fsp3) is 0.500. The number of amides is 1. The van der Waals surface area contributed by atoms with E-state index in [1.807, 2.05) is 25.1 Å². The van der Waals surface area contributed by atoms with Crippen LogP contribution >= 0.6 is 0 Å². The Morgan fingerprint density at radius 2 is 1.88 bits per heavy atom. The van der Waals surface area contributed by atoms with Crippen molar-refractivity contribution in [3.8, 4) is 0 Å². The Labute approximate surface area is 142 Å². The Bertz CT molecular complexity index is 613. The van der Waals surface area contributed by atoms with Gasteiger partial charge in [0.05, 0.1) is 12.6 Å². The topological polar surface area (TPSA) is 77.2 Å². The van der Waals surface area contributed by atoms with E-state index in [4.69, 9.17) is 9.15 Å². The molecule has 1 aromatic carbocycles. The number of hydrogen-bond donors (Lipinski definition) is 1. The summed E-state index contributed by atoms with van der Waals surface area (Å²) >= 11 is 0. The third kappa shape index (κ3) is 6.12. The summed E-state index contributed by atoms with van der Waals surface area (Å²) in [6.45, 7) is 2.54. The molecule has 0 aliphatic heterocycles. The van der Waals surface area contributed by atoms with E-state index >= 15 is 0 Å². The van der Waals surface area contributed by atoms with Crippen LogP contribution in [0.25, 0.3) is 0 Å². The van der Waals surface area contributed by atoms with Gasteiger partial charge in [0.15, 0.2) is 0 Å². The number of aromatic nitrogens is 2. The molecule has 0 radical (unpaired) electrons. The average molecular weight is 331 g/mol. The van der Waals surface area contributed by atoms with Crippen LogP contribution in [0.1, 0.15) is 37.1 Å². The van der Waals surface area contributed by atoms with Gasteiger partial charge in [0.25, 0.3) is 0 Å². The lowest BCUT2D eigenvalue weighted by Gasteiger charge is -2.15. The molecule has 1 aromatic heterocycles. The molecule has 1 atom stereocenters. The van der Waals surface area contributed by atoms with Gasteiger partial charge in [0.1, 0.15) is 0 Å². The zero-order valence-electron chi connectivity index (χ0n) is 14.3. The normalized spacial score (nSPS) is 12.1. The summed E-state index contributed by atoms with van der Waals surface area (Å²) in [5.74, 6) is 1.09. The molecule has 0 fully saturated rings. The molecule has 1 amide bonds. The van der Waals surface area contributed by atoms with E-state index in [1.165, 1.54) is 5.56 Å². The molecule has 1 heterocycles. The molecule has 130 valence electrons. The van der Waals surface area contributed by atoms with Gasteiger partial charge in [0.2, 0.25) is 17.7 Å². The van der Waals surface area contributed by atoms with Crippen LogP contribution in [0.5, 0.6) is 0 Å². The fourth-order valence-electron chi connectivity index (χ4n) is 2.37. The number of carbonyl (C=O) groups excluding carboxylic acids is 1. The lowest BCUT2D eigenvalue weighted by atomic mass is 10.1. The number of carbonyl (C=O) groups is 1. The van der Waals surface area contributed by atoms with Crippen molar-refractivity contribution in [3.05, 3.63) is 47.7 Å². The minimum Gasteiger partial charge on any atom is -0.425 e. The molecule has 0 saturated carbocycles. The highest BCUT2D eigenvalue weighted by atomic mass is 16.5. The van der Waals surface area contributed by atoms with Crippen molar-refractivity contribution >= 4 is 5.91 Å². The Kier molecular flexibility index (Phi) is 7.42. The fourth-order valence-corrected chi connectivity index (χ4v) is 2.37. The van der Waals surface area contributed by atoms with Gasteiger partial charge in [-0.2, -0.15) is 0 Å². The smallest absolute Gasteiger partial charge is 0.220 e. The summed E-state index contributed by atoms with van der Waals surface area (Å²) in [4.78, 5) is 11.9. The van der Waals surface area contributed by atoms with Gasteiger partial charge in [0, 0.05) is 26.4 Å². The van der Waals surface area contributed by atoms with Crippen LogP contribution in [-0.4, -0.2) is 35.9 Å². The number of hydrogen-bond acceptors (Lipinski definition) is 5. The lowest BCUT2D eigenvalue weighted by molar-refractivity contribution is -0.122. The van der Waals surface area contributed by atoms with Crippen molar-refractivity contribution in [1.82, 2.24) is 15.5 Å². The molecular weight excluding hydrogens is 306 g/mol.